The zero-order valence-corrected chi connectivity index (χ0v) is 15.6. The summed E-state index contributed by atoms with van der Waals surface area (Å²) < 4.78 is 2.20. The topological polar surface area (TPSA) is 56.5 Å². The van der Waals surface area contributed by atoms with E-state index in [4.69, 9.17) is 4.84 Å². The monoisotopic (exact) mass is 349 g/mol. The Hall–Kier alpha value is -2.95. The number of pyridine rings is 1. The van der Waals surface area contributed by atoms with Crippen LogP contribution in [0.1, 0.15) is 54.0 Å². The molecule has 0 aliphatic heterocycles. The molecule has 134 valence electrons. The second kappa shape index (κ2) is 7.52. The summed E-state index contributed by atoms with van der Waals surface area (Å²) in [5.74, 6) is 0.290. The number of nitrogens with zero attached hydrogens (tertiary/aromatic N) is 3. The summed E-state index contributed by atoms with van der Waals surface area (Å²) in [4.78, 5) is 21.7. The molecule has 0 saturated heterocycles. The van der Waals surface area contributed by atoms with Crippen LogP contribution in [0.2, 0.25) is 0 Å². The van der Waals surface area contributed by atoms with Crippen molar-refractivity contribution in [1.82, 2.24) is 9.55 Å². The molecule has 1 aromatic carbocycles. The van der Waals surface area contributed by atoms with Crippen molar-refractivity contribution in [3.8, 4) is 0 Å². The summed E-state index contributed by atoms with van der Waals surface area (Å²) in [6.07, 6.45) is 3.46. The Balaban J connectivity index is 2.27. The van der Waals surface area contributed by atoms with E-state index in [1.54, 1.807) is 19.3 Å². The van der Waals surface area contributed by atoms with Gasteiger partial charge in [0.2, 0.25) is 0 Å². The highest BCUT2D eigenvalue weighted by atomic mass is 16.6. The first-order valence-corrected chi connectivity index (χ1v) is 8.66. The van der Waals surface area contributed by atoms with Crippen molar-refractivity contribution < 1.29 is 9.63 Å². The lowest BCUT2D eigenvalue weighted by Crippen LogP contribution is -2.09. The van der Waals surface area contributed by atoms with Gasteiger partial charge in [-0.2, -0.15) is 0 Å². The van der Waals surface area contributed by atoms with E-state index in [1.807, 2.05) is 36.4 Å². The van der Waals surface area contributed by atoms with Gasteiger partial charge in [0.05, 0.1) is 18.5 Å². The minimum Gasteiger partial charge on any atom is -0.399 e. The van der Waals surface area contributed by atoms with Crippen molar-refractivity contribution in [1.29, 1.82) is 0 Å². The van der Waals surface area contributed by atoms with E-state index >= 15 is 0 Å². The number of hydrogen-bond acceptors (Lipinski definition) is 4. The molecular formula is C21H23N3O2. The van der Waals surface area contributed by atoms with Crippen LogP contribution in [-0.2, 0) is 11.4 Å². The molecule has 5 heteroatoms. The van der Waals surface area contributed by atoms with E-state index in [0.717, 1.165) is 33.4 Å². The third kappa shape index (κ3) is 3.38. The molecule has 0 bridgehead atoms. The normalized spacial score (nSPS) is 11.6. The van der Waals surface area contributed by atoms with Gasteiger partial charge in [-0.1, -0.05) is 37.2 Å². The van der Waals surface area contributed by atoms with Crippen LogP contribution in [0.25, 0.3) is 10.9 Å². The molecule has 0 unspecified atom stereocenters. The van der Waals surface area contributed by atoms with Crippen LogP contribution in [0, 0.1) is 0 Å². The van der Waals surface area contributed by atoms with Crippen LogP contribution in [0.4, 0.5) is 0 Å². The fraction of sp³-hybridized carbons (Fsp3) is 0.286. The maximum Gasteiger partial charge on any atom is 0.162 e. The third-order valence-corrected chi connectivity index (χ3v) is 4.38. The van der Waals surface area contributed by atoms with Gasteiger partial charge in [-0.3, -0.25) is 9.78 Å². The Morgan fingerprint density at radius 2 is 2.12 bits per heavy atom. The fourth-order valence-electron chi connectivity index (χ4n) is 3.37. The molecule has 0 N–H and O–H groups in total. The highest BCUT2D eigenvalue weighted by molar-refractivity contribution is 6.09. The van der Waals surface area contributed by atoms with Crippen molar-refractivity contribution in [2.24, 2.45) is 5.16 Å². The molecule has 0 fully saturated rings. The molecule has 3 rings (SSSR count). The molecular weight excluding hydrogens is 326 g/mol. The molecule has 0 atom stereocenters. The van der Waals surface area contributed by atoms with Crippen LogP contribution in [0.3, 0.4) is 0 Å². The minimum absolute atomic E-state index is 0.0804. The lowest BCUT2D eigenvalue weighted by Gasteiger charge is -2.14. The number of aromatic nitrogens is 2. The molecule has 2 aromatic heterocycles. The SMILES string of the molecule is CO/N=C/c1ccc2c(C(C)=O)c(C(C)C)n(Cc3ccccn3)c2c1. The van der Waals surface area contributed by atoms with E-state index < -0.39 is 0 Å². The molecule has 0 amide bonds. The molecule has 5 nitrogen and oxygen atoms in total. The molecule has 0 radical (unpaired) electrons. The van der Waals surface area contributed by atoms with Crippen LogP contribution < -0.4 is 0 Å². The highest BCUT2D eigenvalue weighted by Crippen LogP contribution is 2.32. The number of fused-ring (bicyclic) bond motifs is 1. The number of rotatable bonds is 6. The maximum absolute atomic E-state index is 12.4. The van der Waals surface area contributed by atoms with Gasteiger partial charge in [-0.15, -0.1) is 0 Å². The number of carbonyl (C=O) groups excluding carboxylic acids is 1. The van der Waals surface area contributed by atoms with Crippen molar-refractivity contribution in [2.45, 2.75) is 33.2 Å². The summed E-state index contributed by atoms with van der Waals surface area (Å²) in [7, 11) is 1.52. The average molecular weight is 349 g/mol. The fourth-order valence-corrected chi connectivity index (χ4v) is 3.37. The smallest absolute Gasteiger partial charge is 0.162 e. The second-order valence-corrected chi connectivity index (χ2v) is 6.57. The van der Waals surface area contributed by atoms with Crippen molar-refractivity contribution in [2.75, 3.05) is 7.11 Å². The number of Topliss-reactive ketones (excluding diaryl/α,β-unsaturated/α-hetero) is 1. The Morgan fingerprint density at radius 1 is 1.31 bits per heavy atom. The summed E-state index contributed by atoms with van der Waals surface area (Å²) in [6.45, 7) is 6.47. The van der Waals surface area contributed by atoms with Gasteiger partial charge in [0.1, 0.15) is 7.11 Å². The van der Waals surface area contributed by atoms with E-state index in [-0.39, 0.29) is 11.7 Å². The standard InChI is InChI=1S/C21H23N3O2/c1-14(2)21-20(15(3)25)18-9-8-16(12-23-26-4)11-19(18)24(21)13-17-7-5-6-10-22-17/h5-12,14H,13H2,1-4H3/b23-12+. The van der Waals surface area contributed by atoms with E-state index in [0.29, 0.717) is 6.54 Å². The minimum atomic E-state index is 0.0804. The molecule has 26 heavy (non-hydrogen) atoms. The predicted octanol–water partition coefficient (Wildman–Crippen LogP) is 4.39. The van der Waals surface area contributed by atoms with Crippen molar-refractivity contribution >= 4 is 22.9 Å². The number of carbonyl (C=O) groups is 1. The molecule has 0 spiro atoms. The summed E-state index contributed by atoms with van der Waals surface area (Å²) in [5, 5.41) is 4.81. The van der Waals surface area contributed by atoms with Gasteiger partial charge in [-0.05, 0) is 36.6 Å². The first kappa shape index (κ1) is 17.9. The van der Waals surface area contributed by atoms with Gasteiger partial charge in [0.25, 0.3) is 0 Å². The Bertz CT molecular complexity index is 956. The van der Waals surface area contributed by atoms with Gasteiger partial charge in [0.15, 0.2) is 5.78 Å². The van der Waals surface area contributed by atoms with Crippen LogP contribution >= 0.6 is 0 Å². The Morgan fingerprint density at radius 3 is 2.73 bits per heavy atom. The maximum atomic E-state index is 12.4. The number of ketones is 1. The van der Waals surface area contributed by atoms with Crippen LogP contribution in [-0.4, -0.2) is 28.7 Å². The van der Waals surface area contributed by atoms with Crippen molar-refractivity contribution in [3.63, 3.8) is 0 Å². The molecule has 2 heterocycles. The number of oxime groups is 1. The number of hydrogen-bond donors (Lipinski definition) is 0. The second-order valence-electron chi connectivity index (χ2n) is 6.57. The lowest BCUT2D eigenvalue weighted by atomic mass is 10.0. The van der Waals surface area contributed by atoms with Gasteiger partial charge >= 0.3 is 0 Å². The first-order chi connectivity index (χ1) is 12.5. The first-order valence-electron chi connectivity index (χ1n) is 8.66. The average Bonchev–Trinajstić information content (AvgIpc) is 2.95. The van der Waals surface area contributed by atoms with Crippen molar-refractivity contribution in [3.05, 3.63) is 65.1 Å². The number of benzene rings is 1. The van der Waals surface area contributed by atoms with E-state index in [9.17, 15) is 4.79 Å². The highest BCUT2D eigenvalue weighted by Gasteiger charge is 2.22. The van der Waals surface area contributed by atoms with E-state index in [2.05, 4.69) is 28.6 Å². The van der Waals surface area contributed by atoms with Gasteiger partial charge in [-0.25, -0.2) is 0 Å². The quantitative estimate of drug-likeness (QED) is 0.377. The summed E-state index contributed by atoms with van der Waals surface area (Å²) in [5.41, 5.74) is 4.71. The predicted molar refractivity (Wildman–Crippen MR) is 104 cm³/mol. The van der Waals surface area contributed by atoms with E-state index in [1.165, 1.54) is 7.11 Å². The molecule has 0 aliphatic carbocycles. The zero-order chi connectivity index (χ0) is 18.7. The largest absolute Gasteiger partial charge is 0.399 e. The zero-order valence-electron chi connectivity index (χ0n) is 15.6. The van der Waals surface area contributed by atoms with Crippen LogP contribution in [0.15, 0.2) is 47.8 Å². The Kier molecular flexibility index (Phi) is 5.16. The third-order valence-electron chi connectivity index (χ3n) is 4.38. The van der Waals surface area contributed by atoms with Gasteiger partial charge < -0.3 is 9.40 Å². The van der Waals surface area contributed by atoms with Crippen LogP contribution in [0.5, 0.6) is 0 Å². The van der Waals surface area contributed by atoms with Gasteiger partial charge in [0, 0.05) is 28.4 Å². The summed E-state index contributed by atoms with van der Waals surface area (Å²) in [6, 6.07) is 11.9. The summed E-state index contributed by atoms with van der Waals surface area (Å²) >= 11 is 0. The molecule has 0 aliphatic rings. The molecule has 0 saturated carbocycles. The molecule has 3 aromatic rings. The lowest BCUT2D eigenvalue weighted by molar-refractivity contribution is 0.101. The Labute approximate surface area is 153 Å².